The number of benzene rings is 1. The van der Waals surface area contributed by atoms with Crippen LogP contribution in [-0.4, -0.2) is 56.6 Å². The van der Waals surface area contributed by atoms with Crippen LogP contribution < -0.4 is 10.2 Å². The van der Waals surface area contributed by atoms with Gasteiger partial charge < -0.3 is 15.3 Å². The van der Waals surface area contributed by atoms with Crippen LogP contribution in [0.3, 0.4) is 0 Å². The van der Waals surface area contributed by atoms with Gasteiger partial charge in [-0.3, -0.25) is 4.98 Å². The van der Waals surface area contributed by atoms with E-state index in [1.807, 2.05) is 19.2 Å². The maximum Gasteiger partial charge on any atom is 0.245 e. The molecular formula is C20H21FN6O. The number of halogens is 1. The van der Waals surface area contributed by atoms with Crippen LogP contribution in [0.2, 0.25) is 0 Å². The van der Waals surface area contributed by atoms with Crippen molar-refractivity contribution in [2.45, 2.75) is 43.6 Å². The van der Waals surface area contributed by atoms with Gasteiger partial charge in [0.25, 0.3) is 0 Å². The Morgan fingerprint density at radius 3 is 2.89 bits per heavy atom. The molecule has 5 rings (SSSR count). The normalized spacial score (nSPS) is 26.5. The summed E-state index contributed by atoms with van der Waals surface area (Å²) in [6.07, 6.45) is 6.65. The molecule has 1 aromatic carbocycles. The van der Waals surface area contributed by atoms with Crippen molar-refractivity contribution < 1.29 is 9.50 Å². The number of rotatable bonds is 3. The average Bonchev–Trinajstić information content (AvgIpc) is 3.13. The Morgan fingerprint density at radius 2 is 2.07 bits per heavy atom. The molecule has 2 aliphatic heterocycles. The van der Waals surface area contributed by atoms with Gasteiger partial charge in [0.2, 0.25) is 5.95 Å². The smallest absolute Gasteiger partial charge is 0.245 e. The summed E-state index contributed by atoms with van der Waals surface area (Å²) in [7, 11) is 1.82. The van der Waals surface area contributed by atoms with Crippen molar-refractivity contribution >= 4 is 16.7 Å². The van der Waals surface area contributed by atoms with Gasteiger partial charge in [-0.1, -0.05) is 0 Å². The first kappa shape index (κ1) is 17.2. The van der Waals surface area contributed by atoms with E-state index in [9.17, 15) is 9.50 Å². The number of hydrogen-bond donors (Lipinski definition) is 2. The molecule has 0 aliphatic carbocycles. The van der Waals surface area contributed by atoms with Crippen LogP contribution in [0.15, 0.2) is 36.8 Å². The Morgan fingerprint density at radius 1 is 1.18 bits per heavy atom. The second kappa shape index (κ2) is 6.63. The van der Waals surface area contributed by atoms with E-state index in [1.165, 1.54) is 0 Å². The number of alkyl halides is 1. The van der Waals surface area contributed by atoms with Crippen LogP contribution in [-0.2, 0) is 0 Å². The number of piperidine rings is 1. The van der Waals surface area contributed by atoms with Crippen LogP contribution in [0, 0.1) is 0 Å². The summed E-state index contributed by atoms with van der Waals surface area (Å²) in [4.78, 5) is 10.3. The van der Waals surface area contributed by atoms with Crippen LogP contribution in [0.1, 0.15) is 19.3 Å². The molecule has 28 heavy (non-hydrogen) atoms. The minimum Gasteiger partial charge on any atom is -0.507 e. The maximum absolute atomic E-state index is 14.8. The lowest BCUT2D eigenvalue weighted by atomic mass is 9.97. The summed E-state index contributed by atoms with van der Waals surface area (Å²) in [5, 5.41) is 23.9. The predicted octanol–water partition coefficient (Wildman–Crippen LogP) is 2.46. The summed E-state index contributed by atoms with van der Waals surface area (Å²) in [5.74, 6) is 0.485. The zero-order chi connectivity index (χ0) is 19.3. The molecule has 2 aliphatic rings. The highest BCUT2D eigenvalue weighted by Crippen LogP contribution is 2.34. The molecule has 1 unspecified atom stereocenters. The highest BCUT2D eigenvalue weighted by Gasteiger charge is 2.44. The lowest BCUT2D eigenvalue weighted by Gasteiger charge is -2.38. The molecule has 7 nitrogen and oxygen atoms in total. The van der Waals surface area contributed by atoms with Crippen molar-refractivity contribution in [3.63, 3.8) is 0 Å². The lowest BCUT2D eigenvalue weighted by Crippen LogP contribution is -2.55. The number of aromatic nitrogens is 4. The number of nitrogens with one attached hydrogen (secondary N) is 1. The van der Waals surface area contributed by atoms with Gasteiger partial charge in [-0.05, 0) is 42.8 Å². The zero-order valence-corrected chi connectivity index (χ0v) is 15.5. The Balaban J connectivity index is 1.42. The van der Waals surface area contributed by atoms with Gasteiger partial charge in [0.1, 0.15) is 17.6 Å². The van der Waals surface area contributed by atoms with E-state index in [4.69, 9.17) is 0 Å². The number of hydrogen-bond acceptors (Lipinski definition) is 7. The lowest BCUT2D eigenvalue weighted by molar-refractivity contribution is 0.175. The first-order valence-electron chi connectivity index (χ1n) is 9.50. The molecule has 2 N–H and O–H groups in total. The van der Waals surface area contributed by atoms with Gasteiger partial charge >= 0.3 is 0 Å². The number of pyridine rings is 1. The molecule has 2 fully saturated rings. The number of phenolic OH excluding ortho intramolecular Hbond substituents is 1. The third-order valence-corrected chi connectivity index (χ3v) is 5.95. The molecule has 2 bridgehead atoms. The molecular weight excluding hydrogens is 359 g/mol. The summed E-state index contributed by atoms with van der Waals surface area (Å²) in [6, 6.07) is 5.38. The van der Waals surface area contributed by atoms with Gasteiger partial charge in [-0.15, -0.1) is 10.2 Å². The van der Waals surface area contributed by atoms with E-state index in [2.05, 4.69) is 25.5 Å². The van der Waals surface area contributed by atoms with E-state index < -0.39 is 6.17 Å². The van der Waals surface area contributed by atoms with Crippen LogP contribution in [0.4, 0.5) is 10.3 Å². The fourth-order valence-electron chi connectivity index (χ4n) is 4.38. The van der Waals surface area contributed by atoms with Gasteiger partial charge in [0.15, 0.2) is 0 Å². The topological polar surface area (TPSA) is 87.1 Å². The standard InChI is InChI=1S/C20H21FN6O/c1-27(17-8-13-2-3-15(24-13)19(17)21)20-23-10-16(25-26-20)14-6-11-4-5-22-9-12(11)7-18(14)28/h4-7,9-10,13,15,17,19,24,28H,2-3,8H2,1H3/t13-,15?,17-,19-/m0/s1. The van der Waals surface area contributed by atoms with Crippen molar-refractivity contribution in [3.05, 3.63) is 36.8 Å². The molecule has 2 aromatic heterocycles. The Bertz CT molecular complexity index is 1010. The van der Waals surface area contributed by atoms with Crippen molar-refractivity contribution in [2.75, 3.05) is 11.9 Å². The molecule has 3 aromatic rings. The minimum atomic E-state index is -0.954. The van der Waals surface area contributed by atoms with Gasteiger partial charge in [-0.2, -0.15) is 0 Å². The maximum atomic E-state index is 14.8. The fourth-order valence-corrected chi connectivity index (χ4v) is 4.38. The first-order chi connectivity index (χ1) is 13.6. The Kier molecular flexibility index (Phi) is 4.08. The van der Waals surface area contributed by atoms with Crippen LogP contribution in [0.25, 0.3) is 22.0 Å². The summed E-state index contributed by atoms with van der Waals surface area (Å²) in [5.41, 5.74) is 1.02. The van der Waals surface area contributed by atoms with Crippen molar-refractivity contribution in [3.8, 4) is 17.0 Å². The summed E-state index contributed by atoms with van der Waals surface area (Å²) < 4.78 is 14.8. The molecule has 8 heteroatoms. The van der Waals surface area contributed by atoms with Crippen LogP contribution in [0.5, 0.6) is 5.75 Å². The summed E-state index contributed by atoms with van der Waals surface area (Å²) in [6.45, 7) is 0. The molecule has 0 amide bonds. The average molecular weight is 380 g/mol. The van der Waals surface area contributed by atoms with Crippen molar-refractivity contribution in [2.24, 2.45) is 0 Å². The third kappa shape index (κ3) is 2.84. The zero-order valence-electron chi connectivity index (χ0n) is 15.5. The second-order valence-electron chi connectivity index (χ2n) is 7.64. The van der Waals surface area contributed by atoms with E-state index in [-0.39, 0.29) is 17.8 Å². The van der Waals surface area contributed by atoms with Gasteiger partial charge in [0.05, 0.1) is 12.2 Å². The van der Waals surface area contributed by atoms with Crippen molar-refractivity contribution in [1.82, 2.24) is 25.5 Å². The monoisotopic (exact) mass is 380 g/mol. The van der Waals surface area contributed by atoms with Gasteiger partial charge in [-0.25, -0.2) is 9.37 Å². The molecule has 4 atom stereocenters. The molecule has 0 saturated carbocycles. The number of nitrogens with zero attached hydrogens (tertiary/aromatic N) is 5. The van der Waals surface area contributed by atoms with E-state index in [0.29, 0.717) is 23.2 Å². The van der Waals surface area contributed by atoms with E-state index in [1.54, 1.807) is 29.6 Å². The van der Waals surface area contributed by atoms with E-state index in [0.717, 1.165) is 30.0 Å². The molecule has 0 spiro atoms. The Labute approximate surface area is 161 Å². The highest BCUT2D eigenvalue weighted by molar-refractivity contribution is 5.89. The Hall–Kier alpha value is -2.87. The number of fused-ring (bicyclic) bond motifs is 3. The predicted molar refractivity (Wildman–Crippen MR) is 104 cm³/mol. The fraction of sp³-hybridized carbons (Fsp3) is 0.400. The molecule has 4 heterocycles. The first-order valence-corrected chi connectivity index (χ1v) is 9.50. The third-order valence-electron chi connectivity index (χ3n) is 5.95. The van der Waals surface area contributed by atoms with Crippen molar-refractivity contribution in [1.29, 1.82) is 0 Å². The summed E-state index contributed by atoms with van der Waals surface area (Å²) >= 11 is 0. The molecule has 2 saturated heterocycles. The molecule has 144 valence electrons. The second-order valence-corrected chi connectivity index (χ2v) is 7.64. The quantitative estimate of drug-likeness (QED) is 0.722. The van der Waals surface area contributed by atoms with E-state index >= 15 is 0 Å². The number of aromatic hydroxyl groups is 1. The largest absolute Gasteiger partial charge is 0.507 e. The highest BCUT2D eigenvalue weighted by atomic mass is 19.1. The van der Waals surface area contributed by atoms with Crippen LogP contribution >= 0.6 is 0 Å². The number of phenols is 1. The molecule has 0 radical (unpaired) electrons. The van der Waals surface area contributed by atoms with Gasteiger partial charge in [0, 0.05) is 42.5 Å². The minimum absolute atomic E-state index is 0.0810. The number of anilines is 1. The SMILES string of the molecule is CN(c1ncc(-c2cc3ccncc3cc2O)nn1)[C@H]1C[C@@H]2CCC(N2)[C@@H]1F.